The number of rotatable bonds is 5. The van der Waals surface area contributed by atoms with Crippen LogP contribution in [0.5, 0.6) is 0 Å². The molecular weight excluding hydrogens is 492 g/mol. The van der Waals surface area contributed by atoms with Gasteiger partial charge in [-0.3, -0.25) is 9.63 Å². The van der Waals surface area contributed by atoms with E-state index in [9.17, 15) is 14.7 Å². The molecule has 8 heteroatoms. The smallest absolute Gasteiger partial charge is 0.389 e. The number of aliphatic hydroxyl groups is 1. The van der Waals surface area contributed by atoms with Gasteiger partial charge in [0.05, 0.1) is 17.9 Å². The molecule has 8 nitrogen and oxygen atoms in total. The highest BCUT2D eigenvalue weighted by molar-refractivity contribution is 5.85. The Kier molecular flexibility index (Phi) is 7.92. The fraction of sp³-hybridized carbons (Fsp3) is 0.839. The lowest BCUT2D eigenvalue weighted by molar-refractivity contribution is -0.130. The van der Waals surface area contributed by atoms with Gasteiger partial charge in [0, 0.05) is 39.6 Å². The SMILES string of the molecule is C/C(=N\OC(=O)N(C)CC1CCC(C(=O)N(C)C)N1)[C@H]1CC[C@H]2[C@@H]3CCC4=C[C@H](O)CC[C@]4(C)[C@H]3CC[C@]12C. The van der Waals surface area contributed by atoms with Gasteiger partial charge in [-0.2, -0.15) is 0 Å². The summed E-state index contributed by atoms with van der Waals surface area (Å²) in [7, 11) is 5.27. The Morgan fingerprint density at radius 1 is 1.05 bits per heavy atom. The summed E-state index contributed by atoms with van der Waals surface area (Å²) < 4.78 is 0. The number of amides is 2. The molecule has 0 aromatic heterocycles. The van der Waals surface area contributed by atoms with Crippen LogP contribution < -0.4 is 5.32 Å². The summed E-state index contributed by atoms with van der Waals surface area (Å²) in [5.74, 6) is 2.55. The molecule has 0 aromatic carbocycles. The van der Waals surface area contributed by atoms with Crippen LogP contribution in [0, 0.1) is 34.5 Å². The fourth-order valence-electron chi connectivity index (χ4n) is 9.52. The van der Waals surface area contributed by atoms with Crippen molar-refractivity contribution in [2.45, 2.75) is 103 Å². The van der Waals surface area contributed by atoms with Crippen LogP contribution in [0.15, 0.2) is 16.8 Å². The van der Waals surface area contributed by atoms with Crippen molar-refractivity contribution in [2.75, 3.05) is 27.7 Å². The van der Waals surface area contributed by atoms with Crippen molar-refractivity contribution >= 4 is 17.7 Å². The number of aliphatic hydroxyl groups excluding tert-OH is 1. The van der Waals surface area contributed by atoms with E-state index in [1.54, 1.807) is 30.9 Å². The van der Waals surface area contributed by atoms with Gasteiger partial charge in [-0.05, 0) is 99.7 Å². The van der Waals surface area contributed by atoms with Gasteiger partial charge >= 0.3 is 6.09 Å². The van der Waals surface area contributed by atoms with Gasteiger partial charge in [0.25, 0.3) is 0 Å². The zero-order valence-electron chi connectivity index (χ0n) is 24.9. The topological polar surface area (TPSA) is 94.5 Å². The molecule has 4 fully saturated rings. The molecule has 4 aliphatic carbocycles. The molecule has 0 radical (unpaired) electrons. The summed E-state index contributed by atoms with van der Waals surface area (Å²) >= 11 is 0. The first-order valence-corrected chi connectivity index (χ1v) is 15.3. The quantitative estimate of drug-likeness (QED) is 0.230. The number of carbonyl (C=O) groups excluding carboxylic acids is 2. The largest absolute Gasteiger partial charge is 0.435 e. The molecule has 5 aliphatic rings. The van der Waals surface area contributed by atoms with E-state index < -0.39 is 6.09 Å². The molecule has 2 unspecified atom stereocenters. The van der Waals surface area contributed by atoms with Gasteiger partial charge in [0.15, 0.2) is 0 Å². The minimum atomic E-state index is -0.444. The minimum Gasteiger partial charge on any atom is -0.389 e. The van der Waals surface area contributed by atoms with Crippen molar-refractivity contribution < 1.29 is 19.5 Å². The molecule has 2 N–H and O–H groups in total. The summed E-state index contributed by atoms with van der Waals surface area (Å²) in [5.41, 5.74) is 2.90. The molecule has 1 aliphatic heterocycles. The molecule has 9 atom stereocenters. The summed E-state index contributed by atoms with van der Waals surface area (Å²) in [6.07, 6.45) is 12.2. The van der Waals surface area contributed by atoms with Crippen molar-refractivity contribution in [3.8, 4) is 0 Å². The highest BCUT2D eigenvalue weighted by Gasteiger charge is 2.59. The number of carbonyl (C=O) groups is 2. The van der Waals surface area contributed by atoms with Crippen molar-refractivity contribution in [1.82, 2.24) is 15.1 Å². The predicted octanol–water partition coefficient (Wildman–Crippen LogP) is 4.58. The number of fused-ring (bicyclic) bond motifs is 5. The molecule has 2 amide bonds. The Labute approximate surface area is 234 Å². The lowest BCUT2D eigenvalue weighted by Gasteiger charge is -2.58. The van der Waals surface area contributed by atoms with Crippen LogP contribution in [0.25, 0.3) is 0 Å². The Hall–Kier alpha value is -1.93. The molecule has 39 heavy (non-hydrogen) atoms. The van der Waals surface area contributed by atoms with Crippen molar-refractivity contribution in [1.29, 1.82) is 0 Å². The van der Waals surface area contributed by atoms with Crippen molar-refractivity contribution in [2.24, 2.45) is 39.7 Å². The van der Waals surface area contributed by atoms with E-state index in [1.807, 2.05) is 6.92 Å². The van der Waals surface area contributed by atoms with E-state index in [2.05, 4.69) is 30.4 Å². The third-order valence-corrected chi connectivity index (χ3v) is 11.6. The summed E-state index contributed by atoms with van der Waals surface area (Å²) in [6.45, 7) is 7.47. The number of hydrogen-bond acceptors (Lipinski definition) is 6. The van der Waals surface area contributed by atoms with E-state index in [4.69, 9.17) is 4.84 Å². The standard InChI is InChI=1S/C31H50N4O4/c1-19(33-39-29(38)35(6)18-21-8-12-27(32-21)28(37)34(4)5)24-10-11-25-23-9-7-20-17-22(36)13-15-30(20,2)26(23)14-16-31(24,25)3/h17,21-27,32,36H,7-16,18H2,1-6H3/b33-19+/t21?,22-,23+,24-,25+,26+,27?,30+,31-/m1/s1. The van der Waals surface area contributed by atoms with Gasteiger partial charge in [0.1, 0.15) is 0 Å². The molecule has 1 heterocycles. The van der Waals surface area contributed by atoms with E-state index in [0.29, 0.717) is 24.3 Å². The molecule has 3 saturated carbocycles. The average molecular weight is 543 g/mol. The summed E-state index contributed by atoms with van der Waals surface area (Å²) in [5, 5.41) is 18.0. The van der Waals surface area contributed by atoms with Gasteiger partial charge in [-0.25, -0.2) is 4.79 Å². The zero-order valence-corrected chi connectivity index (χ0v) is 24.9. The monoisotopic (exact) mass is 542 g/mol. The maximum absolute atomic E-state index is 12.8. The first-order chi connectivity index (χ1) is 18.4. The third-order valence-electron chi connectivity index (χ3n) is 11.6. The molecule has 0 spiro atoms. The van der Waals surface area contributed by atoms with Crippen LogP contribution in [0.3, 0.4) is 0 Å². The second-order valence-corrected chi connectivity index (χ2v) is 14.0. The van der Waals surface area contributed by atoms with Crippen LogP contribution in [-0.4, -0.2) is 78.5 Å². The maximum Gasteiger partial charge on any atom is 0.435 e. The minimum absolute atomic E-state index is 0.0753. The van der Waals surface area contributed by atoms with Crippen molar-refractivity contribution in [3.05, 3.63) is 11.6 Å². The second kappa shape index (κ2) is 10.8. The van der Waals surface area contributed by atoms with Crippen LogP contribution in [-0.2, 0) is 9.63 Å². The van der Waals surface area contributed by atoms with E-state index >= 15 is 0 Å². The second-order valence-electron chi connectivity index (χ2n) is 14.0. The Balaban J connectivity index is 1.18. The van der Waals surface area contributed by atoms with E-state index in [-0.39, 0.29) is 34.9 Å². The summed E-state index contributed by atoms with van der Waals surface area (Å²) in [4.78, 5) is 33.7. The molecule has 5 rings (SSSR count). The van der Waals surface area contributed by atoms with Crippen LogP contribution in [0.2, 0.25) is 0 Å². The highest BCUT2D eigenvalue weighted by atomic mass is 16.7. The highest BCUT2D eigenvalue weighted by Crippen LogP contribution is 2.66. The lowest BCUT2D eigenvalue weighted by Crippen LogP contribution is -2.51. The maximum atomic E-state index is 12.8. The zero-order chi connectivity index (χ0) is 28.1. The average Bonchev–Trinajstić information content (AvgIpc) is 3.50. The Morgan fingerprint density at radius 3 is 2.56 bits per heavy atom. The summed E-state index contributed by atoms with van der Waals surface area (Å²) in [6, 6.07) is -0.105. The van der Waals surface area contributed by atoms with E-state index in [1.165, 1.54) is 31.3 Å². The number of oxime groups is 1. The molecule has 1 saturated heterocycles. The number of nitrogens with zero attached hydrogens (tertiary/aromatic N) is 3. The predicted molar refractivity (Wildman–Crippen MR) is 152 cm³/mol. The van der Waals surface area contributed by atoms with Crippen LogP contribution in [0.1, 0.15) is 85.0 Å². The third kappa shape index (κ3) is 5.16. The Morgan fingerprint density at radius 2 is 1.82 bits per heavy atom. The molecule has 0 aromatic rings. The molecule has 218 valence electrons. The number of hydrogen-bond donors (Lipinski definition) is 2. The first-order valence-electron chi connectivity index (χ1n) is 15.3. The Bertz CT molecular complexity index is 1030. The number of allylic oxidation sites excluding steroid dienone is 1. The van der Waals surface area contributed by atoms with Gasteiger partial charge in [-0.15, -0.1) is 0 Å². The van der Waals surface area contributed by atoms with Crippen LogP contribution in [0.4, 0.5) is 4.79 Å². The first kappa shape index (κ1) is 28.6. The van der Waals surface area contributed by atoms with E-state index in [0.717, 1.165) is 50.2 Å². The normalized spacial score (nSPS) is 41.7. The van der Waals surface area contributed by atoms with Crippen molar-refractivity contribution in [3.63, 3.8) is 0 Å². The molecule has 0 bridgehead atoms. The fourth-order valence-corrected chi connectivity index (χ4v) is 9.52. The van der Waals surface area contributed by atoms with Gasteiger partial charge < -0.3 is 20.2 Å². The van der Waals surface area contributed by atoms with Crippen LogP contribution >= 0.6 is 0 Å². The number of nitrogens with one attached hydrogen (secondary N) is 1. The number of likely N-dealkylation sites (N-methyl/N-ethyl adjacent to an activating group) is 2. The van der Waals surface area contributed by atoms with Gasteiger partial charge in [0.2, 0.25) is 5.91 Å². The van der Waals surface area contributed by atoms with Gasteiger partial charge in [-0.1, -0.05) is 30.7 Å². The lowest BCUT2D eigenvalue weighted by atomic mass is 9.46. The molecular formula is C31H50N4O4.